The molecule has 3 rings (SSSR count). The van der Waals surface area contributed by atoms with Crippen LogP contribution < -0.4 is 10.6 Å². The summed E-state index contributed by atoms with van der Waals surface area (Å²) in [4.78, 5) is 11.7. The Morgan fingerprint density at radius 3 is 2.89 bits per heavy atom. The smallest absolute Gasteiger partial charge is 0.324 e. The molecule has 0 amide bonds. The zero-order valence-electron chi connectivity index (χ0n) is 10.8. The second-order valence-corrected chi connectivity index (χ2v) is 5.98. The van der Waals surface area contributed by atoms with Crippen LogP contribution in [0, 0.1) is 0 Å². The molecule has 5 heteroatoms. The molecule has 2 aliphatic heterocycles. The molecule has 2 heterocycles. The lowest BCUT2D eigenvalue weighted by atomic mass is 10.1. The van der Waals surface area contributed by atoms with E-state index in [1.807, 2.05) is 13.0 Å². The van der Waals surface area contributed by atoms with Crippen LogP contribution in [0.1, 0.15) is 18.5 Å². The Bertz CT molecular complexity index is 454. The molecule has 2 saturated heterocycles. The molecule has 1 aromatic rings. The molecule has 1 aromatic carbocycles. The minimum Gasteiger partial charge on any atom is -0.465 e. The highest BCUT2D eigenvalue weighted by atomic mass is 32.2. The van der Waals surface area contributed by atoms with Gasteiger partial charge in [-0.2, -0.15) is 0 Å². The van der Waals surface area contributed by atoms with Crippen molar-refractivity contribution in [2.75, 3.05) is 12.4 Å². The third-order valence-corrected chi connectivity index (χ3v) is 4.80. The van der Waals surface area contributed by atoms with Crippen molar-refractivity contribution in [1.82, 2.24) is 10.6 Å². The summed E-state index contributed by atoms with van der Waals surface area (Å²) in [6, 6.07) is 11.1. The van der Waals surface area contributed by atoms with Gasteiger partial charge in [0.25, 0.3) is 0 Å². The molecule has 19 heavy (non-hydrogen) atoms. The molecule has 4 nitrogen and oxygen atoms in total. The molecular weight excluding hydrogens is 260 g/mol. The lowest BCUT2D eigenvalue weighted by Gasteiger charge is -2.11. The fourth-order valence-corrected chi connectivity index (χ4v) is 3.79. The van der Waals surface area contributed by atoms with Crippen LogP contribution >= 0.6 is 11.8 Å². The van der Waals surface area contributed by atoms with E-state index in [1.54, 1.807) is 11.8 Å². The van der Waals surface area contributed by atoms with Crippen molar-refractivity contribution in [3.8, 4) is 0 Å². The van der Waals surface area contributed by atoms with Gasteiger partial charge in [0.05, 0.1) is 24.1 Å². The number of rotatable bonds is 4. The third-order valence-electron chi connectivity index (χ3n) is 3.49. The van der Waals surface area contributed by atoms with Crippen LogP contribution in [0.5, 0.6) is 0 Å². The number of benzene rings is 1. The number of hydrogen-bond acceptors (Lipinski definition) is 5. The van der Waals surface area contributed by atoms with Gasteiger partial charge in [-0.15, -0.1) is 11.8 Å². The highest BCUT2D eigenvalue weighted by molar-refractivity contribution is 8.00. The van der Waals surface area contributed by atoms with Crippen molar-refractivity contribution in [3.05, 3.63) is 35.9 Å². The Morgan fingerprint density at radius 2 is 2.16 bits per heavy atom. The molecule has 0 bridgehead atoms. The zero-order valence-corrected chi connectivity index (χ0v) is 11.7. The highest BCUT2D eigenvalue weighted by Crippen LogP contribution is 2.38. The van der Waals surface area contributed by atoms with Crippen LogP contribution in [-0.2, 0) is 9.53 Å². The first-order valence-corrected chi connectivity index (χ1v) is 7.69. The zero-order chi connectivity index (χ0) is 13.2. The molecule has 2 aliphatic rings. The summed E-state index contributed by atoms with van der Waals surface area (Å²) < 4.78 is 5.05. The van der Waals surface area contributed by atoms with Crippen LogP contribution in [0.25, 0.3) is 0 Å². The maximum absolute atomic E-state index is 11.7. The van der Waals surface area contributed by atoms with E-state index in [1.165, 1.54) is 5.56 Å². The third kappa shape index (κ3) is 2.78. The molecule has 0 aromatic heterocycles. The second-order valence-electron chi connectivity index (χ2n) is 4.81. The predicted octanol–water partition coefficient (Wildman–Crippen LogP) is 1.29. The van der Waals surface area contributed by atoms with E-state index in [-0.39, 0.29) is 12.0 Å². The van der Waals surface area contributed by atoms with Crippen molar-refractivity contribution >= 4 is 17.7 Å². The lowest BCUT2D eigenvalue weighted by Crippen LogP contribution is -2.40. The first-order chi connectivity index (χ1) is 9.29. The number of carbonyl (C=O) groups is 1. The Morgan fingerprint density at radius 1 is 1.37 bits per heavy atom. The second kappa shape index (κ2) is 5.53. The molecule has 2 N–H and O–H groups in total. The van der Waals surface area contributed by atoms with Crippen LogP contribution in [0.15, 0.2) is 30.3 Å². The molecule has 0 spiro atoms. The summed E-state index contributed by atoms with van der Waals surface area (Å²) >= 11 is 1.80. The average molecular weight is 278 g/mol. The van der Waals surface area contributed by atoms with E-state index in [9.17, 15) is 4.79 Å². The SMILES string of the molecule is CCOC(=O)[C@@H]1CSC([C@H]2N[C@@H]2c2ccccc2)N1. The van der Waals surface area contributed by atoms with Gasteiger partial charge in [0, 0.05) is 5.75 Å². The Kier molecular flexibility index (Phi) is 3.77. The molecule has 1 unspecified atom stereocenters. The summed E-state index contributed by atoms with van der Waals surface area (Å²) in [5, 5.41) is 7.14. The van der Waals surface area contributed by atoms with Crippen molar-refractivity contribution in [2.24, 2.45) is 0 Å². The number of ether oxygens (including phenoxy) is 1. The van der Waals surface area contributed by atoms with Gasteiger partial charge in [0.1, 0.15) is 6.04 Å². The Labute approximate surface area is 117 Å². The summed E-state index contributed by atoms with van der Waals surface area (Å²) in [5.41, 5.74) is 1.31. The van der Waals surface area contributed by atoms with Crippen LogP contribution in [0.4, 0.5) is 0 Å². The minimum atomic E-state index is -0.159. The largest absolute Gasteiger partial charge is 0.465 e. The van der Waals surface area contributed by atoms with Gasteiger partial charge in [0.15, 0.2) is 0 Å². The van der Waals surface area contributed by atoms with Gasteiger partial charge < -0.3 is 10.1 Å². The molecule has 2 fully saturated rings. The van der Waals surface area contributed by atoms with Gasteiger partial charge in [-0.25, -0.2) is 0 Å². The average Bonchev–Trinajstić information content (AvgIpc) is 3.09. The van der Waals surface area contributed by atoms with Gasteiger partial charge in [0.2, 0.25) is 0 Å². The van der Waals surface area contributed by atoms with Crippen molar-refractivity contribution in [2.45, 2.75) is 30.4 Å². The van der Waals surface area contributed by atoms with E-state index in [0.717, 1.165) is 5.75 Å². The maximum atomic E-state index is 11.7. The monoisotopic (exact) mass is 278 g/mol. The molecular formula is C14H18N2O2S. The summed E-state index contributed by atoms with van der Waals surface area (Å²) in [6.45, 7) is 2.28. The fraction of sp³-hybridized carbons (Fsp3) is 0.500. The standard InChI is InChI=1S/C14H18N2O2S/c1-2-18-14(17)10-8-19-13(15-10)12-11(16-12)9-6-4-3-5-7-9/h3-7,10-13,15-16H,2,8H2,1H3/t10-,11+,12-,13?/m0/s1. The first-order valence-electron chi connectivity index (χ1n) is 6.65. The van der Waals surface area contributed by atoms with Gasteiger partial charge in [-0.05, 0) is 12.5 Å². The number of hydrogen-bond donors (Lipinski definition) is 2. The number of nitrogens with one attached hydrogen (secondary N) is 2. The number of esters is 1. The van der Waals surface area contributed by atoms with E-state index in [2.05, 4.69) is 34.9 Å². The van der Waals surface area contributed by atoms with Crippen LogP contribution in [0.3, 0.4) is 0 Å². The highest BCUT2D eigenvalue weighted by Gasteiger charge is 2.47. The summed E-state index contributed by atoms with van der Waals surface area (Å²) in [7, 11) is 0. The quantitative estimate of drug-likeness (QED) is 0.642. The van der Waals surface area contributed by atoms with Crippen LogP contribution in [0.2, 0.25) is 0 Å². The predicted molar refractivity (Wildman–Crippen MR) is 75.9 cm³/mol. The number of thioether (sulfide) groups is 1. The van der Waals surface area contributed by atoms with E-state index in [4.69, 9.17) is 4.74 Å². The van der Waals surface area contributed by atoms with E-state index in [0.29, 0.717) is 24.1 Å². The molecule has 4 atom stereocenters. The minimum absolute atomic E-state index is 0.130. The lowest BCUT2D eigenvalue weighted by molar-refractivity contribution is -0.144. The van der Waals surface area contributed by atoms with Gasteiger partial charge in [-0.3, -0.25) is 10.1 Å². The molecule has 102 valence electrons. The van der Waals surface area contributed by atoms with Crippen molar-refractivity contribution in [1.29, 1.82) is 0 Å². The molecule has 0 radical (unpaired) electrons. The Balaban J connectivity index is 1.55. The number of carbonyl (C=O) groups excluding carboxylic acids is 1. The molecule has 0 aliphatic carbocycles. The molecule has 0 saturated carbocycles. The van der Waals surface area contributed by atoms with E-state index >= 15 is 0 Å². The van der Waals surface area contributed by atoms with Gasteiger partial charge >= 0.3 is 5.97 Å². The summed E-state index contributed by atoms with van der Waals surface area (Å²) in [5.74, 6) is 0.665. The van der Waals surface area contributed by atoms with E-state index < -0.39 is 0 Å². The first kappa shape index (κ1) is 13.0. The topological polar surface area (TPSA) is 60.3 Å². The van der Waals surface area contributed by atoms with Crippen molar-refractivity contribution in [3.63, 3.8) is 0 Å². The van der Waals surface area contributed by atoms with Gasteiger partial charge in [-0.1, -0.05) is 30.3 Å². The normalized spacial score (nSPS) is 33.1. The van der Waals surface area contributed by atoms with Crippen molar-refractivity contribution < 1.29 is 9.53 Å². The maximum Gasteiger partial charge on any atom is 0.324 e. The Hall–Kier alpha value is -1.04. The fourth-order valence-electron chi connectivity index (χ4n) is 2.46. The van der Waals surface area contributed by atoms with Crippen LogP contribution in [-0.4, -0.2) is 35.8 Å². The summed E-state index contributed by atoms with van der Waals surface area (Å²) in [6.07, 6.45) is 0.